The highest BCUT2D eigenvalue weighted by molar-refractivity contribution is 7.25. The maximum Gasteiger partial charge on any atom is 0.164 e. The van der Waals surface area contributed by atoms with E-state index in [1.54, 1.807) is 0 Å². The summed E-state index contributed by atoms with van der Waals surface area (Å²) in [6.45, 7) is 0. The number of aromatic nitrogens is 3. The highest BCUT2D eigenvalue weighted by Crippen LogP contribution is 2.43. The minimum Gasteiger partial charge on any atom is -0.455 e. The Bertz CT molecular complexity index is 2860. The molecule has 0 atom stereocenters. The van der Waals surface area contributed by atoms with Gasteiger partial charge in [0.05, 0.1) is 17.0 Å². The summed E-state index contributed by atoms with van der Waals surface area (Å²) in [4.78, 5) is 14.6. The molecule has 234 valence electrons. The number of para-hydroxylation sites is 1. The van der Waals surface area contributed by atoms with Gasteiger partial charge in [0, 0.05) is 54.5 Å². The van der Waals surface area contributed by atoms with Crippen LogP contribution in [0.1, 0.15) is 0 Å². The summed E-state index contributed by atoms with van der Waals surface area (Å²) >= 11 is 1.83. The summed E-state index contributed by atoms with van der Waals surface area (Å²) in [7, 11) is 0. The molecule has 0 amide bonds. The first-order valence-corrected chi connectivity index (χ1v) is 17.4. The molecule has 0 aliphatic rings. The summed E-state index contributed by atoms with van der Waals surface area (Å²) in [5, 5.41) is 4.72. The molecule has 10 aromatic rings. The average molecular weight is 658 g/mol. The second-order valence-corrected chi connectivity index (χ2v) is 13.5. The molecule has 4 aromatic heterocycles. The number of hydrogen-bond acceptors (Lipinski definition) is 5. The monoisotopic (exact) mass is 657 g/mol. The van der Waals surface area contributed by atoms with Gasteiger partial charge in [0.15, 0.2) is 5.82 Å². The molecule has 0 radical (unpaired) electrons. The van der Waals surface area contributed by atoms with Crippen molar-refractivity contribution in [3.63, 3.8) is 0 Å². The first kappa shape index (κ1) is 28.6. The Hall–Kier alpha value is -6.43. The second-order valence-electron chi connectivity index (χ2n) is 12.4. The number of fused-ring (bicyclic) bond motifs is 6. The maximum atomic E-state index is 6.71. The fourth-order valence-electron chi connectivity index (χ4n) is 6.99. The van der Waals surface area contributed by atoms with Crippen molar-refractivity contribution in [3.05, 3.63) is 164 Å². The molecule has 0 unspecified atom stereocenters. The zero-order valence-electron chi connectivity index (χ0n) is 26.7. The van der Waals surface area contributed by atoms with Crippen LogP contribution in [0.3, 0.4) is 0 Å². The average Bonchev–Trinajstić information content (AvgIpc) is 3.77. The van der Waals surface area contributed by atoms with Crippen LogP contribution in [-0.4, -0.2) is 15.0 Å². The van der Waals surface area contributed by atoms with Crippen LogP contribution in [-0.2, 0) is 0 Å². The zero-order valence-corrected chi connectivity index (χ0v) is 27.6. The Balaban J connectivity index is 1.17. The van der Waals surface area contributed by atoms with Crippen molar-refractivity contribution in [3.8, 4) is 56.2 Å². The van der Waals surface area contributed by atoms with Crippen molar-refractivity contribution in [1.82, 2.24) is 15.0 Å². The molecular weight excluding hydrogens is 631 g/mol. The molecule has 0 spiro atoms. The van der Waals surface area contributed by atoms with Gasteiger partial charge in [-0.25, -0.2) is 9.97 Å². The van der Waals surface area contributed by atoms with Crippen molar-refractivity contribution >= 4 is 53.4 Å². The second kappa shape index (κ2) is 11.6. The third-order valence-electron chi connectivity index (χ3n) is 9.45. The third kappa shape index (κ3) is 4.79. The number of hydrogen-bond donors (Lipinski definition) is 0. The van der Waals surface area contributed by atoms with Crippen molar-refractivity contribution in [2.24, 2.45) is 0 Å². The van der Waals surface area contributed by atoms with Crippen LogP contribution in [0, 0.1) is 0 Å². The van der Waals surface area contributed by atoms with E-state index in [0.29, 0.717) is 5.82 Å². The highest BCUT2D eigenvalue weighted by Gasteiger charge is 2.20. The van der Waals surface area contributed by atoms with Crippen molar-refractivity contribution < 1.29 is 4.42 Å². The van der Waals surface area contributed by atoms with Crippen molar-refractivity contribution in [1.29, 1.82) is 0 Å². The van der Waals surface area contributed by atoms with E-state index in [4.69, 9.17) is 14.4 Å². The largest absolute Gasteiger partial charge is 0.455 e. The molecule has 6 aromatic carbocycles. The van der Waals surface area contributed by atoms with Gasteiger partial charge in [-0.2, -0.15) is 0 Å². The summed E-state index contributed by atoms with van der Waals surface area (Å²) < 4.78 is 9.28. The predicted octanol–water partition coefficient (Wildman–Crippen LogP) is 12.5. The predicted molar refractivity (Wildman–Crippen MR) is 207 cm³/mol. The smallest absolute Gasteiger partial charge is 0.164 e. The van der Waals surface area contributed by atoms with Gasteiger partial charge >= 0.3 is 0 Å². The van der Waals surface area contributed by atoms with Gasteiger partial charge in [-0.3, -0.25) is 4.98 Å². The Morgan fingerprint density at radius 3 is 1.88 bits per heavy atom. The molecule has 4 nitrogen and oxygen atoms in total. The summed E-state index contributed by atoms with van der Waals surface area (Å²) in [5.41, 5.74) is 10.7. The van der Waals surface area contributed by atoms with Crippen LogP contribution in [0.5, 0.6) is 0 Å². The minimum absolute atomic E-state index is 0.620. The Labute approximate surface area is 292 Å². The summed E-state index contributed by atoms with van der Waals surface area (Å²) in [6, 6.07) is 52.9. The normalized spacial score (nSPS) is 11.6. The van der Waals surface area contributed by atoms with Gasteiger partial charge in [0.25, 0.3) is 0 Å². The van der Waals surface area contributed by atoms with E-state index in [0.717, 1.165) is 72.3 Å². The fraction of sp³-hybridized carbons (Fsp3) is 0. The molecule has 5 heteroatoms. The van der Waals surface area contributed by atoms with Crippen LogP contribution in [0.2, 0.25) is 0 Å². The van der Waals surface area contributed by atoms with Gasteiger partial charge in [0.2, 0.25) is 0 Å². The molecule has 0 aliphatic heterocycles. The number of furan rings is 1. The first-order valence-electron chi connectivity index (χ1n) is 16.6. The van der Waals surface area contributed by atoms with E-state index in [-0.39, 0.29) is 0 Å². The lowest BCUT2D eigenvalue weighted by atomic mass is 9.96. The molecule has 0 bridgehead atoms. The van der Waals surface area contributed by atoms with Gasteiger partial charge in [-0.05, 0) is 64.7 Å². The van der Waals surface area contributed by atoms with E-state index in [1.165, 1.54) is 20.2 Å². The molecule has 4 heterocycles. The maximum absolute atomic E-state index is 6.71. The topological polar surface area (TPSA) is 51.8 Å². The fourth-order valence-corrected chi connectivity index (χ4v) is 8.13. The molecule has 0 saturated carbocycles. The number of pyridine rings is 1. The van der Waals surface area contributed by atoms with Gasteiger partial charge in [-0.1, -0.05) is 109 Å². The zero-order chi connectivity index (χ0) is 33.0. The number of benzene rings is 6. The van der Waals surface area contributed by atoms with Crippen molar-refractivity contribution in [2.45, 2.75) is 0 Å². The quantitative estimate of drug-likeness (QED) is 0.185. The van der Waals surface area contributed by atoms with E-state index >= 15 is 0 Å². The van der Waals surface area contributed by atoms with E-state index in [2.05, 4.69) is 114 Å². The molecule has 10 rings (SSSR count). The summed E-state index contributed by atoms with van der Waals surface area (Å²) in [5.74, 6) is 0.620. The lowest BCUT2D eigenvalue weighted by Crippen LogP contribution is -1.96. The lowest BCUT2D eigenvalue weighted by molar-refractivity contribution is 0.669. The van der Waals surface area contributed by atoms with Crippen molar-refractivity contribution in [2.75, 3.05) is 0 Å². The number of thiophene rings is 1. The van der Waals surface area contributed by atoms with Crippen LogP contribution < -0.4 is 0 Å². The third-order valence-corrected chi connectivity index (χ3v) is 10.6. The van der Waals surface area contributed by atoms with E-state index in [1.807, 2.05) is 66.2 Å². The van der Waals surface area contributed by atoms with E-state index in [9.17, 15) is 0 Å². The SMILES string of the molecule is c1ccc(-c2cc(-c3ccc(-c4ccncc4)cc3)nc(-c3ccc(-c4ccc5c(c4)sc4ccccc45)c4c3oc3ccccc34)n2)cc1. The number of rotatable bonds is 5. The van der Waals surface area contributed by atoms with Gasteiger partial charge in [0.1, 0.15) is 11.2 Å². The minimum atomic E-state index is 0.620. The molecule has 0 aliphatic carbocycles. The van der Waals surface area contributed by atoms with Crippen LogP contribution in [0.4, 0.5) is 0 Å². The molecule has 0 saturated heterocycles. The van der Waals surface area contributed by atoms with Crippen LogP contribution in [0.15, 0.2) is 168 Å². The van der Waals surface area contributed by atoms with Gasteiger partial charge in [-0.15, -0.1) is 11.3 Å². The number of nitrogens with zero attached hydrogens (tertiary/aromatic N) is 3. The van der Waals surface area contributed by atoms with E-state index < -0.39 is 0 Å². The Kier molecular flexibility index (Phi) is 6.64. The molecular formula is C45H27N3OS. The molecule has 50 heavy (non-hydrogen) atoms. The van der Waals surface area contributed by atoms with Gasteiger partial charge < -0.3 is 4.42 Å². The highest BCUT2D eigenvalue weighted by atomic mass is 32.1. The molecule has 0 fully saturated rings. The van der Waals surface area contributed by atoms with Crippen LogP contribution >= 0.6 is 11.3 Å². The Morgan fingerprint density at radius 1 is 0.440 bits per heavy atom. The lowest BCUT2D eigenvalue weighted by Gasteiger charge is -2.12. The summed E-state index contributed by atoms with van der Waals surface area (Å²) in [6.07, 6.45) is 3.64. The van der Waals surface area contributed by atoms with Crippen LogP contribution in [0.25, 0.3) is 98.3 Å². The Morgan fingerprint density at radius 2 is 1.06 bits per heavy atom. The molecule has 0 N–H and O–H groups in total. The first-order chi connectivity index (χ1) is 24.8. The standard InChI is InChI=1S/C45H27N3OS/c1-2-8-30(9-3-1)38-27-39(31-16-14-28(15-17-31)29-22-24-46-25-23-29)48-45(47-38)37-21-20-33(43-36-11-4-6-12-40(36)49-44(37)43)32-18-19-35-34-10-5-7-13-41(34)50-42(35)26-32/h1-27H.